The number of ether oxygens (including phenoxy) is 8. The lowest BCUT2D eigenvalue weighted by Gasteiger charge is -2.53. The Kier molecular flexibility index (Phi) is 14.5. The van der Waals surface area contributed by atoms with Gasteiger partial charge in [0.1, 0.15) is 73.2 Å². The molecule has 0 amide bonds. The van der Waals surface area contributed by atoms with Crippen molar-refractivity contribution in [1.82, 2.24) is 0 Å². The topological polar surface area (TPSA) is 337 Å². The fraction of sp³-hybridized carbons (Fsp3) is 1.00. The molecule has 4 heterocycles. The summed E-state index contributed by atoms with van der Waals surface area (Å²) in [4.78, 5) is 0. The number of hydrogen-bond donors (Lipinski definition) is 13. The van der Waals surface area contributed by atoms with E-state index in [-0.39, 0.29) is 32.1 Å². The van der Waals surface area contributed by atoms with Crippen LogP contribution in [0.25, 0.3) is 0 Å². The first-order valence-electron chi connectivity index (χ1n) is 18.9. The van der Waals surface area contributed by atoms with Crippen molar-refractivity contribution in [1.29, 1.82) is 0 Å². The molecule has 320 valence electrons. The molecule has 0 spiro atoms. The van der Waals surface area contributed by atoms with E-state index in [0.717, 1.165) is 0 Å². The highest BCUT2D eigenvalue weighted by Gasteiger charge is 2.55. The molecule has 25 atom stereocenters. The first kappa shape index (κ1) is 43.7. The molecule has 0 radical (unpaired) electrons. The lowest BCUT2D eigenvalue weighted by Crippen LogP contribution is -2.64. The Bertz CT molecular complexity index is 1220. The summed E-state index contributed by atoms with van der Waals surface area (Å²) in [5, 5.41) is 137. The van der Waals surface area contributed by atoms with Gasteiger partial charge < -0.3 is 104 Å². The predicted molar refractivity (Wildman–Crippen MR) is 176 cm³/mol. The summed E-state index contributed by atoms with van der Waals surface area (Å²) in [7, 11) is 1.38. The number of aliphatic hydroxyl groups excluding tert-OH is 13. The van der Waals surface area contributed by atoms with Gasteiger partial charge in [-0.05, 0) is 38.5 Å². The highest BCUT2D eigenvalue weighted by atomic mass is 16.7. The van der Waals surface area contributed by atoms with Crippen molar-refractivity contribution in [3.05, 3.63) is 0 Å². The van der Waals surface area contributed by atoms with Gasteiger partial charge in [-0.3, -0.25) is 0 Å². The molecule has 21 nitrogen and oxygen atoms in total. The molecular weight excluding hydrogens is 744 g/mol. The molecule has 4 aliphatic heterocycles. The molecule has 0 aromatic rings. The Morgan fingerprint density at radius 2 is 1.11 bits per heavy atom. The second-order valence-electron chi connectivity index (χ2n) is 15.8. The SMILES string of the molecule is COC1CC(C2OC3CC(O)CC(OC4OC(CO)C(O)C(O)C4O)C3CC2OC2OC(COC3OC(C)C(O)C(O)C3O)C(O)C(O)C2O)CC(O)C1O. The van der Waals surface area contributed by atoms with E-state index in [0.29, 0.717) is 0 Å². The van der Waals surface area contributed by atoms with Crippen molar-refractivity contribution in [3.63, 3.8) is 0 Å². The average Bonchev–Trinajstić information content (AvgIpc) is 3.16. The number of rotatable bonds is 10. The smallest absolute Gasteiger partial charge is 0.187 e. The molecule has 0 bridgehead atoms. The molecule has 6 fully saturated rings. The maximum Gasteiger partial charge on any atom is 0.187 e. The maximum absolute atomic E-state index is 11.1. The van der Waals surface area contributed by atoms with Crippen LogP contribution in [0.2, 0.25) is 0 Å². The van der Waals surface area contributed by atoms with Crippen molar-refractivity contribution < 1.29 is 104 Å². The molecular formula is C34H58O21. The van der Waals surface area contributed by atoms with Crippen LogP contribution in [0.4, 0.5) is 0 Å². The van der Waals surface area contributed by atoms with Crippen molar-refractivity contribution >= 4 is 0 Å². The maximum atomic E-state index is 11.1. The van der Waals surface area contributed by atoms with E-state index in [4.69, 9.17) is 37.9 Å². The van der Waals surface area contributed by atoms with Crippen molar-refractivity contribution in [2.75, 3.05) is 20.3 Å². The van der Waals surface area contributed by atoms with Gasteiger partial charge >= 0.3 is 0 Å². The van der Waals surface area contributed by atoms with E-state index in [1.807, 2.05) is 0 Å². The largest absolute Gasteiger partial charge is 0.394 e. The van der Waals surface area contributed by atoms with Gasteiger partial charge in [-0.1, -0.05) is 0 Å². The van der Waals surface area contributed by atoms with Crippen molar-refractivity contribution in [2.24, 2.45) is 11.8 Å². The van der Waals surface area contributed by atoms with Crippen LogP contribution in [0.15, 0.2) is 0 Å². The molecule has 2 saturated carbocycles. The summed E-state index contributed by atoms with van der Waals surface area (Å²) in [5.41, 5.74) is 0. The molecule has 25 unspecified atom stereocenters. The minimum absolute atomic E-state index is 0.0172. The van der Waals surface area contributed by atoms with Crippen LogP contribution in [0.1, 0.15) is 39.0 Å². The summed E-state index contributed by atoms with van der Waals surface area (Å²) >= 11 is 0. The Morgan fingerprint density at radius 1 is 0.527 bits per heavy atom. The van der Waals surface area contributed by atoms with Crippen LogP contribution in [-0.4, -0.2) is 228 Å². The lowest BCUT2D eigenvalue weighted by molar-refractivity contribution is -0.352. The van der Waals surface area contributed by atoms with Crippen LogP contribution >= 0.6 is 0 Å². The molecule has 0 aromatic heterocycles. The van der Waals surface area contributed by atoms with Crippen LogP contribution in [0.3, 0.4) is 0 Å². The van der Waals surface area contributed by atoms with Crippen LogP contribution < -0.4 is 0 Å². The summed E-state index contributed by atoms with van der Waals surface area (Å²) in [5.74, 6) is -1.14. The Hall–Kier alpha value is -0.840. The first-order chi connectivity index (χ1) is 26.0. The van der Waals surface area contributed by atoms with Crippen LogP contribution in [-0.2, 0) is 37.9 Å². The molecule has 55 heavy (non-hydrogen) atoms. The minimum Gasteiger partial charge on any atom is -0.394 e. The van der Waals surface area contributed by atoms with E-state index < -0.39 is 166 Å². The number of aliphatic hydroxyl groups is 13. The number of fused-ring (bicyclic) bond motifs is 1. The summed E-state index contributed by atoms with van der Waals surface area (Å²) in [6, 6.07) is 0. The molecule has 21 heteroatoms. The first-order valence-corrected chi connectivity index (χ1v) is 18.9. The quantitative estimate of drug-likeness (QED) is 0.0976. The molecule has 6 aliphatic rings. The minimum atomic E-state index is -1.83. The summed E-state index contributed by atoms with van der Waals surface area (Å²) < 4.78 is 47.2. The zero-order chi connectivity index (χ0) is 40.0. The molecule has 13 N–H and O–H groups in total. The summed E-state index contributed by atoms with van der Waals surface area (Å²) in [6.45, 7) is 0.225. The second kappa shape index (κ2) is 18.2. The van der Waals surface area contributed by atoms with Gasteiger partial charge in [-0.2, -0.15) is 0 Å². The monoisotopic (exact) mass is 802 g/mol. The fourth-order valence-corrected chi connectivity index (χ4v) is 8.84. The van der Waals surface area contributed by atoms with Gasteiger partial charge in [0.15, 0.2) is 18.9 Å². The van der Waals surface area contributed by atoms with Gasteiger partial charge in [-0.15, -0.1) is 0 Å². The van der Waals surface area contributed by atoms with Gasteiger partial charge in [0, 0.05) is 19.4 Å². The number of hydrogen-bond acceptors (Lipinski definition) is 21. The van der Waals surface area contributed by atoms with Gasteiger partial charge in [-0.25, -0.2) is 0 Å². The van der Waals surface area contributed by atoms with Crippen LogP contribution in [0.5, 0.6) is 0 Å². The standard InChI is InChI=1S/C34H58O21/c1-10-21(38)25(42)28(45)32(50-10)49-9-20-24(41)27(44)30(47)34(55-20)53-18-7-13-15(51-31(18)11-3-14(37)22(39)17(4-11)48-2)5-12(36)6-16(13)52-33-29(46)26(43)23(40)19(8-35)54-33/h10-47H,3-9H2,1-2H3. The third-order valence-corrected chi connectivity index (χ3v) is 12.2. The zero-order valence-electron chi connectivity index (χ0n) is 30.5. The Balaban J connectivity index is 1.23. The highest BCUT2D eigenvalue weighted by Crippen LogP contribution is 2.45. The molecule has 4 saturated heterocycles. The normalized spacial score (nSPS) is 55.1. The third-order valence-electron chi connectivity index (χ3n) is 12.2. The van der Waals surface area contributed by atoms with Crippen LogP contribution in [0, 0.1) is 11.8 Å². The Morgan fingerprint density at radius 3 is 1.75 bits per heavy atom. The zero-order valence-corrected chi connectivity index (χ0v) is 30.5. The van der Waals surface area contributed by atoms with E-state index in [1.165, 1.54) is 14.0 Å². The lowest BCUT2D eigenvalue weighted by atomic mass is 9.72. The third kappa shape index (κ3) is 9.03. The van der Waals surface area contributed by atoms with E-state index >= 15 is 0 Å². The number of methoxy groups -OCH3 is 1. The average molecular weight is 803 g/mol. The van der Waals surface area contributed by atoms with Crippen molar-refractivity contribution in [2.45, 2.75) is 180 Å². The summed E-state index contributed by atoms with van der Waals surface area (Å²) in [6.07, 6.45) is -30.5. The van der Waals surface area contributed by atoms with E-state index in [1.54, 1.807) is 0 Å². The van der Waals surface area contributed by atoms with Crippen molar-refractivity contribution in [3.8, 4) is 0 Å². The van der Waals surface area contributed by atoms with Gasteiger partial charge in [0.2, 0.25) is 0 Å². The second-order valence-corrected chi connectivity index (χ2v) is 15.8. The molecule has 6 rings (SSSR count). The van der Waals surface area contributed by atoms with Gasteiger partial charge in [0.05, 0.1) is 62.0 Å². The fourth-order valence-electron chi connectivity index (χ4n) is 8.84. The molecule has 2 aliphatic carbocycles. The highest BCUT2D eigenvalue weighted by molar-refractivity contribution is 5.01. The Labute approximate surface area is 316 Å². The molecule has 0 aromatic carbocycles. The van der Waals surface area contributed by atoms with Gasteiger partial charge in [0.25, 0.3) is 0 Å². The van der Waals surface area contributed by atoms with E-state index in [9.17, 15) is 66.4 Å². The predicted octanol–water partition coefficient (Wildman–Crippen LogP) is -6.72. The van der Waals surface area contributed by atoms with E-state index in [2.05, 4.69) is 0 Å².